The summed E-state index contributed by atoms with van der Waals surface area (Å²) in [5.74, 6) is 0.260. The highest BCUT2D eigenvalue weighted by molar-refractivity contribution is 5.93. The van der Waals surface area contributed by atoms with E-state index in [9.17, 15) is 9.90 Å². The highest BCUT2D eigenvalue weighted by Crippen LogP contribution is 2.41. The molecule has 0 spiro atoms. The second-order valence-corrected chi connectivity index (χ2v) is 9.04. The molecule has 2 heterocycles. The number of phenols is 1. The van der Waals surface area contributed by atoms with E-state index in [0.29, 0.717) is 19.8 Å². The van der Waals surface area contributed by atoms with Crippen LogP contribution in [0.3, 0.4) is 0 Å². The fourth-order valence-electron chi connectivity index (χ4n) is 4.89. The summed E-state index contributed by atoms with van der Waals surface area (Å²) in [6, 6.07) is 21.6. The summed E-state index contributed by atoms with van der Waals surface area (Å²) in [6.07, 6.45) is 0.767. The third-order valence-electron chi connectivity index (χ3n) is 6.72. The molecule has 1 aliphatic heterocycles. The number of nitrogens with zero attached hydrogens (tertiary/aromatic N) is 2. The van der Waals surface area contributed by atoms with Gasteiger partial charge in [0.25, 0.3) is 0 Å². The van der Waals surface area contributed by atoms with E-state index in [-0.39, 0.29) is 11.7 Å². The van der Waals surface area contributed by atoms with Crippen molar-refractivity contribution in [3.8, 4) is 39.4 Å². The first-order valence-electron chi connectivity index (χ1n) is 11.8. The lowest BCUT2D eigenvalue weighted by atomic mass is 10.0. The lowest BCUT2D eigenvalue weighted by molar-refractivity contribution is -0.118. The van der Waals surface area contributed by atoms with Crippen LogP contribution in [-0.2, 0) is 16.0 Å². The molecule has 3 aromatic carbocycles. The average molecular weight is 467 g/mol. The summed E-state index contributed by atoms with van der Waals surface area (Å²) in [4.78, 5) is 14.6. The number of amides is 1. The maximum absolute atomic E-state index is 12.5. The van der Waals surface area contributed by atoms with Crippen molar-refractivity contribution in [1.82, 2.24) is 15.1 Å². The Morgan fingerprint density at radius 3 is 2.40 bits per heavy atom. The molecule has 1 aromatic heterocycles. The van der Waals surface area contributed by atoms with Gasteiger partial charge in [0.05, 0.1) is 31.1 Å². The summed E-state index contributed by atoms with van der Waals surface area (Å²) in [7, 11) is 0. The molecule has 1 saturated heterocycles. The normalized spacial score (nSPS) is 15.0. The molecular weight excluding hydrogens is 440 g/mol. The summed E-state index contributed by atoms with van der Waals surface area (Å²) in [5, 5.41) is 20.4. The molecule has 7 heteroatoms. The molecule has 35 heavy (non-hydrogen) atoms. The van der Waals surface area contributed by atoms with E-state index in [1.807, 2.05) is 18.2 Å². The Kier molecular flexibility index (Phi) is 5.56. The second-order valence-electron chi connectivity index (χ2n) is 9.04. The SMILES string of the molecule is O=C(CN1CCOCC1)Nc1ccc2c(c1)Cc1c(-c3ccc(-c4ccc(O)cc4)cc3)n[nH]c1-2. The van der Waals surface area contributed by atoms with E-state index >= 15 is 0 Å². The monoisotopic (exact) mass is 466 g/mol. The van der Waals surface area contributed by atoms with Gasteiger partial charge in [0, 0.05) is 41.9 Å². The summed E-state index contributed by atoms with van der Waals surface area (Å²) < 4.78 is 5.35. The van der Waals surface area contributed by atoms with Gasteiger partial charge >= 0.3 is 0 Å². The molecule has 0 saturated carbocycles. The van der Waals surface area contributed by atoms with Gasteiger partial charge in [-0.1, -0.05) is 42.5 Å². The van der Waals surface area contributed by atoms with E-state index in [2.05, 4.69) is 56.8 Å². The molecular formula is C28H26N4O3. The first-order chi connectivity index (χ1) is 17.1. The molecule has 3 N–H and O–H groups in total. The number of anilines is 1. The molecule has 0 atom stereocenters. The summed E-state index contributed by atoms with van der Waals surface area (Å²) >= 11 is 0. The standard InChI is InChI=1S/C28H26N4O3/c33-23-8-5-19(6-9-23)18-1-3-20(4-2-18)27-25-16-21-15-22(7-10-24(21)28(25)31-30-27)29-26(34)17-32-11-13-35-14-12-32/h1-10,15,33H,11-14,16-17H2,(H,29,34)(H,30,31). The van der Waals surface area contributed by atoms with Crippen molar-refractivity contribution in [2.45, 2.75) is 6.42 Å². The number of carbonyl (C=O) groups is 1. The molecule has 0 unspecified atom stereocenters. The number of aromatic nitrogens is 2. The molecule has 1 aliphatic carbocycles. The molecule has 1 fully saturated rings. The van der Waals surface area contributed by atoms with Gasteiger partial charge in [0.15, 0.2) is 0 Å². The zero-order valence-corrected chi connectivity index (χ0v) is 19.3. The van der Waals surface area contributed by atoms with Crippen molar-refractivity contribution in [2.75, 3.05) is 38.2 Å². The fraction of sp³-hybridized carbons (Fsp3) is 0.214. The fourth-order valence-corrected chi connectivity index (χ4v) is 4.89. The molecule has 0 bridgehead atoms. The van der Waals surface area contributed by atoms with Crippen LogP contribution >= 0.6 is 0 Å². The molecule has 4 aromatic rings. The number of benzene rings is 3. The Morgan fingerprint density at radius 2 is 1.66 bits per heavy atom. The largest absolute Gasteiger partial charge is 0.508 e. The van der Waals surface area contributed by atoms with Gasteiger partial charge in [0.2, 0.25) is 5.91 Å². The number of nitrogens with one attached hydrogen (secondary N) is 2. The van der Waals surface area contributed by atoms with Crippen molar-refractivity contribution >= 4 is 11.6 Å². The molecule has 7 nitrogen and oxygen atoms in total. The lowest BCUT2D eigenvalue weighted by Gasteiger charge is -2.25. The van der Waals surface area contributed by atoms with Gasteiger partial charge < -0.3 is 15.2 Å². The van der Waals surface area contributed by atoms with E-state index < -0.39 is 0 Å². The molecule has 1 amide bonds. The number of fused-ring (bicyclic) bond motifs is 3. The van der Waals surface area contributed by atoms with Crippen LogP contribution in [0.15, 0.2) is 66.7 Å². The number of hydrogen-bond donors (Lipinski definition) is 3. The molecule has 176 valence electrons. The molecule has 0 radical (unpaired) electrons. The van der Waals surface area contributed by atoms with Gasteiger partial charge in [-0.15, -0.1) is 0 Å². The number of hydrogen-bond acceptors (Lipinski definition) is 5. The van der Waals surface area contributed by atoms with Crippen molar-refractivity contribution < 1.29 is 14.6 Å². The van der Waals surface area contributed by atoms with Crippen LogP contribution in [0.4, 0.5) is 5.69 Å². The van der Waals surface area contributed by atoms with Crippen LogP contribution in [-0.4, -0.2) is 59.0 Å². The number of morpholine rings is 1. The maximum atomic E-state index is 12.5. The zero-order valence-electron chi connectivity index (χ0n) is 19.3. The zero-order chi connectivity index (χ0) is 23.8. The third-order valence-corrected chi connectivity index (χ3v) is 6.72. The van der Waals surface area contributed by atoms with Crippen LogP contribution < -0.4 is 5.32 Å². The number of carbonyl (C=O) groups excluding carboxylic acids is 1. The quantitative estimate of drug-likeness (QED) is 0.360. The van der Waals surface area contributed by atoms with Crippen molar-refractivity contribution in [2.24, 2.45) is 0 Å². The van der Waals surface area contributed by atoms with Gasteiger partial charge in [-0.3, -0.25) is 14.8 Å². The highest BCUT2D eigenvalue weighted by Gasteiger charge is 2.25. The maximum Gasteiger partial charge on any atom is 0.238 e. The Labute approximate surface area is 203 Å². The van der Waals surface area contributed by atoms with Crippen LogP contribution in [0.5, 0.6) is 5.75 Å². The Bertz CT molecular complexity index is 1370. The first-order valence-corrected chi connectivity index (χ1v) is 11.8. The second kappa shape index (κ2) is 9.02. The number of ether oxygens (including phenoxy) is 1. The minimum atomic E-state index is -0.000517. The van der Waals surface area contributed by atoms with E-state index in [1.165, 1.54) is 11.1 Å². The summed E-state index contributed by atoms with van der Waals surface area (Å²) in [6.45, 7) is 3.32. The van der Waals surface area contributed by atoms with E-state index in [1.54, 1.807) is 12.1 Å². The number of aromatic amines is 1. The van der Waals surface area contributed by atoms with E-state index in [0.717, 1.165) is 58.8 Å². The number of H-pyrrole nitrogens is 1. The number of rotatable bonds is 5. The van der Waals surface area contributed by atoms with Crippen molar-refractivity contribution in [3.05, 3.63) is 77.9 Å². The topological polar surface area (TPSA) is 90.5 Å². The Morgan fingerprint density at radius 1 is 0.971 bits per heavy atom. The number of phenolic OH excluding ortho intramolecular Hbond substituents is 1. The van der Waals surface area contributed by atoms with Crippen LogP contribution in [0.1, 0.15) is 11.1 Å². The minimum Gasteiger partial charge on any atom is -0.508 e. The van der Waals surface area contributed by atoms with Gasteiger partial charge in [-0.2, -0.15) is 5.10 Å². The minimum absolute atomic E-state index is 0.000517. The highest BCUT2D eigenvalue weighted by atomic mass is 16.5. The first kappa shape index (κ1) is 21.6. The van der Waals surface area contributed by atoms with E-state index in [4.69, 9.17) is 4.74 Å². The third kappa shape index (κ3) is 4.32. The van der Waals surface area contributed by atoms with Crippen LogP contribution in [0, 0.1) is 0 Å². The Balaban J connectivity index is 1.18. The predicted octanol–water partition coefficient (Wildman–Crippen LogP) is 4.29. The summed E-state index contributed by atoms with van der Waals surface area (Å²) in [5.41, 5.74) is 9.49. The predicted molar refractivity (Wildman–Crippen MR) is 135 cm³/mol. The molecule has 6 rings (SSSR count). The van der Waals surface area contributed by atoms with Crippen LogP contribution in [0.25, 0.3) is 33.6 Å². The molecule has 2 aliphatic rings. The van der Waals surface area contributed by atoms with Gasteiger partial charge in [0.1, 0.15) is 5.75 Å². The van der Waals surface area contributed by atoms with Gasteiger partial charge in [-0.25, -0.2) is 0 Å². The van der Waals surface area contributed by atoms with Gasteiger partial charge in [-0.05, 0) is 41.0 Å². The smallest absolute Gasteiger partial charge is 0.238 e. The van der Waals surface area contributed by atoms with Crippen LogP contribution in [0.2, 0.25) is 0 Å². The number of aromatic hydroxyl groups is 1. The average Bonchev–Trinajstić information content (AvgIpc) is 3.44. The van der Waals surface area contributed by atoms with Crippen molar-refractivity contribution in [3.63, 3.8) is 0 Å². The Hall–Kier alpha value is -3.94. The lowest BCUT2D eigenvalue weighted by Crippen LogP contribution is -2.41. The van der Waals surface area contributed by atoms with Crippen molar-refractivity contribution in [1.29, 1.82) is 0 Å².